The summed E-state index contributed by atoms with van der Waals surface area (Å²) in [5.74, 6) is -0.231. The van der Waals surface area contributed by atoms with Crippen LogP contribution in [-0.2, 0) is 4.79 Å². The van der Waals surface area contributed by atoms with E-state index in [0.29, 0.717) is 6.42 Å². The van der Waals surface area contributed by atoms with Gasteiger partial charge in [-0.2, -0.15) is 5.26 Å². The second kappa shape index (κ2) is 6.62. The molecule has 0 radical (unpaired) electrons. The molecule has 0 saturated heterocycles. The first-order valence-electron chi connectivity index (χ1n) is 4.12. The summed E-state index contributed by atoms with van der Waals surface area (Å²) in [5, 5.41) is 10.6. The predicted molar refractivity (Wildman–Crippen MR) is 46.1 cm³/mol. The molecule has 12 heavy (non-hydrogen) atoms. The lowest BCUT2D eigenvalue weighted by molar-refractivity contribution is -0.122. The van der Waals surface area contributed by atoms with E-state index in [0.717, 1.165) is 12.8 Å². The first kappa shape index (κ1) is 10.9. The van der Waals surface area contributed by atoms with Crippen LogP contribution >= 0.6 is 0 Å². The number of amides is 1. The summed E-state index contributed by atoms with van der Waals surface area (Å²) in [4.78, 5) is 11.0. The number of nitrogens with one attached hydrogen (secondary N) is 1. The molecule has 0 fully saturated rings. The van der Waals surface area contributed by atoms with E-state index in [9.17, 15) is 4.79 Å². The van der Waals surface area contributed by atoms with Gasteiger partial charge in [0.15, 0.2) is 0 Å². The number of hydrogen-bond donors (Lipinski definition) is 2. The number of unbranched alkanes of at least 4 members (excludes halogenated alkanes) is 1. The lowest BCUT2D eigenvalue weighted by atomic mass is 10.1. The Morgan fingerprint density at radius 3 is 2.92 bits per heavy atom. The molecule has 0 aromatic heterocycles. The van der Waals surface area contributed by atoms with Gasteiger partial charge in [0.1, 0.15) is 6.54 Å². The molecule has 0 saturated carbocycles. The van der Waals surface area contributed by atoms with Crippen molar-refractivity contribution in [3.63, 3.8) is 0 Å². The Balaban J connectivity index is 3.55. The van der Waals surface area contributed by atoms with Gasteiger partial charge in [0.05, 0.1) is 12.1 Å². The second-order valence-corrected chi connectivity index (χ2v) is 2.62. The Bertz CT molecular complexity index is 174. The van der Waals surface area contributed by atoms with Crippen LogP contribution in [0.2, 0.25) is 0 Å². The van der Waals surface area contributed by atoms with E-state index in [-0.39, 0.29) is 12.5 Å². The summed E-state index contributed by atoms with van der Waals surface area (Å²) in [7, 11) is 0. The van der Waals surface area contributed by atoms with Crippen LogP contribution in [0.5, 0.6) is 0 Å². The zero-order valence-electron chi connectivity index (χ0n) is 7.34. The highest BCUT2D eigenvalue weighted by Gasteiger charge is 2.10. The van der Waals surface area contributed by atoms with Gasteiger partial charge in [0.2, 0.25) is 5.91 Å². The highest BCUT2D eigenvalue weighted by molar-refractivity contribution is 5.81. The van der Waals surface area contributed by atoms with Gasteiger partial charge >= 0.3 is 0 Å². The van der Waals surface area contributed by atoms with Crippen LogP contribution in [0.25, 0.3) is 0 Å². The molecule has 0 aromatic rings. The topological polar surface area (TPSA) is 78.9 Å². The molecule has 1 amide bonds. The first-order chi connectivity index (χ1) is 5.72. The highest BCUT2D eigenvalue weighted by Crippen LogP contribution is 1.97. The summed E-state index contributed by atoms with van der Waals surface area (Å²) in [5.41, 5.74) is 5.52. The summed E-state index contributed by atoms with van der Waals surface area (Å²) >= 11 is 0. The maximum atomic E-state index is 11.0. The monoisotopic (exact) mass is 169 g/mol. The standard InChI is InChI=1S/C8H15N3O/c1-2-3-4-7(10)8(12)11-6-5-9/h7H,2-4,6,10H2,1H3,(H,11,12)/t7-/m0/s1. The van der Waals surface area contributed by atoms with Gasteiger partial charge in [-0.3, -0.25) is 4.79 Å². The van der Waals surface area contributed by atoms with Crippen molar-refractivity contribution in [2.24, 2.45) is 5.73 Å². The van der Waals surface area contributed by atoms with Crippen molar-refractivity contribution >= 4 is 5.91 Å². The molecule has 4 nitrogen and oxygen atoms in total. The molecule has 0 aliphatic carbocycles. The van der Waals surface area contributed by atoms with Crippen LogP contribution in [0, 0.1) is 11.3 Å². The van der Waals surface area contributed by atoms with E-state index in [1.807, 2.05) is 13.0 Å². The highest BCUT2D eigenvalue weighted by atomic mass is 16.2. The maximum absolute atomic E-state index is 11.0. The van der Waals surface area contributed by atoms with Crippen molar-refractivity contribution in [1.29, 1.82) is 5.26 Å². The summed E-state index contributed by atoms with van der Waals surface area (Å²) in [6, 6.07) is 1.36. The largest absolute Gasteiger partial charge is 0.342 e. The molecular weight excluding hydrogens is 154 g/mol. The number of rotatable bonds is 5. The van der Waals surface area contributed by atoms with E-state index in [2.05, 4.69) is 5.32 Å². The van der Waals surface area contributed by atoms with Crippen LogP contribution in [0.1, 0.15) is 26.2 Å². The van der Waals surface area contributed by atoms with Crippen molar-refractivity contribution in [1.82, 2.24) is 5.32 Å². The molecule has 0 aliphatic rings. The number of nitrogens with two attached hydrogens (primary N) is 1. The predicted octanol–water partition coefficient (Wildman–Crippen LogP) is 0.144. The maximum Gasteiger partial charge on any atom is 0.237 e. The minimum Gasteiger partial charge on any atom is -0.342 e. The Morgan fingerprint density at radius 2 is 2.42 bits per heavy atom. The normalized spacial score (nSPS) is 11.8. The molecule has 1 atom stereocenters. The van der Waals surface area contributed by atoms with E-state index >= 15 is 0 Å². The zero-order chi connectivity index (χ0) is 9.40. The number of carbonyl (C=O) groups excluding carboxylic acids is 1. The lowest BCUT2D eigenvalue weighted by Gasteiger charge is -2.08. The molecule has 0 bridgehead atoms. The lowest BCUT2D eigenvalue weighted by Crippen LogP contribution is -2.40. The smallest absolute Gasteiger partial charge is 0.237 e. The van der Waals surface area contributed by atoms with E-state index < -0.39 is 6.04 Å². The van der Waals surface area contributed by atoms with Crippen molar-refractivity contribution in [3.8, 4) is 6.07 Å². The molecule has 4 heteroatoms. The molecule has 3 N–H and O–H groups in total. The van der Waals surface area contributed by atoms with E-state index in [1.165, 1.54) is 0 Å². The first-order valence-corrected chi connectivity index (χ1v) is 4.12. The van der Waals surface area contributed by atoms with Crippen LogP contribution in [0.4, 0.5) is 0 Å². The number of nitriles is 1. The van der Waals surface area contributed by atoms with Gasteiger partial charge in [-0.05, 0) is 6.42 Å². The molecule has 0 unspecified atom stereocenters. The van der Waals surface area contributed by atoms with Gasteiger partial charge < -0.3 is 11.1 Å². The molecule has 0 rings (SSSR count). The Kier molecular flexibility index (Phi) is 6.02. The van der Waals surface area contributed by atoms with Crippen molar-refractivity contribution < 1.29 is 4.79 Å². The third-order valence-corrected chi connectivity index (χ3v) is 1.55. The number of carbonyl (C=O) groups is 1. The fourth-order valence-electron chi connectivity index (χ4n) is 0.813. The van der Waals surface area contributed by atoms with Gasteiger partial charge in [-0.1, -0.05) is 19.8 Å². The SMILES string of the molecule is CCCC[C@H](N)C(=O)NCC#N. The van der Waals surface area contributed by atoms with E-state index in [1.54, 1.807) is 0 Å². The molecule has 68 valence electrons. The molecule has 0 aromatic carbocycles. The van der Waals surface area contributed by atoms with Gasteiger partial charge in [0.25, 0.3) is 0 Å². The summed E-state index contributed by atoms with van der Waals surface area (Å²) in [6.45, 7) is 2.08. The van der Waals surface area contributed by atoms with Crippen molar-refractivity contribution in [3.05, 3.63) is 0 Å². The minimum atomic E-state index is -0.460. The Morgan fingerprint density at radius 1 is 1.75 bits per heavy atom. The molecule has 0 aliphatic heterocycles. The second-order valence-electron chi connectivity index (χ2n) is 2.62. The van der Waals surface area contributed by atoms with Crippen LogP contribution < -0.4 is 11.1 Å². The summed E-state index contributed by atoms with van der Waals surface area (Å²) in [6.07, 6.45) is 2.66. The van der Waals surface area contributed by atoms with Crippen LogP contribution in [0.3, 0.4) is 0 Å². The average Bonchev–Trinajstić information content (AvgIpc) is 2.10. The van der Waals surface area contributed by atoms with Gasteiger partial charge in [-0.15, -0.1) is 0 Å². The van der Waals surface area contributed by atoms with Gasteiger partial charge in [0, 0.05) is 0 Å². The average molecular weight is 169 g/mol. The van der Waals surface area contributed by atoms with Crippen molar-refractivity contribution in [2.75, 3.05) is 6.54 Å². The number of hydrogen-bond acceptors (Lipinski definition) is 3. The van der Waals surface area contributed by atoms with E-state index in [4.69, 9.17) is 11.0 Å². The zero-order valence-corrected chi connectivity index (χ0v) is 7.34. The molecular formula is C8H15N3O. The Hall–Kier alpha value is -1.08. The van der Waals surface area contributed by atoms with Gasteiger partial charge in [-0.25, -0.2) is 0 Å². The van der Waals surface area contributed by atoms with Crippen LogP contribution in [0.15, 0.2) is 0 Å². The third-order valence-electron chi connectivity index (χ3n) is 1.55. The fourth-order valence-corrected chi connectivity index (χ4v) is 0.813. The molecule has 0 heterocycles. The quantitative estimate of drug-likeness (QED) is 0.575. The number of nitrogens with zero attached hydrogens (tertiary/aromatic N) is 1. The van der Waals surface area contributed by atoms with Crippen LogP contribution in [-0.4, -0.2) is 18.5 Å². The third kappa shape index (κ3) is 4.69. The fraction of sp³-hybridized carbons (Fsp3) is 0.750. The van der Waals surface area contributed by atoms with Crippen molar-refractivity contribution in [2.45, 2.75) is 32.2 Å². The Labute approximate surface area is 72.7 Å². The summed E-state index contributed by atoms with van der Waals surface area (Å²) < 4.78 is 0. The molecule has 0 spiro atoms. The minimum absolute atomic E-state index is 0.0403.